The first-order valence-corrected chi connectivity index (χ1v) is 11.7. The highest BCUT2D eigenvalue weighted by molar-refractivity contribution is 6.30. The highest BCUT2D eigenvalue weighted by Crippen LogP contribution is 2.35. The predicted molar refractivity (Wildman–Crippen MR) is 128 cm³/mol. The van der Waals surface area contributed by atoms with Crippen LogP contribution < -0.4 is 10.6 Å². The second-order valence-electron chi connectivity index (χ2n) is 9.08. The number of fused-ring (bicyclic) bond motifs is 2. The van der Waals surface area contributed by atoms with E-state index >= 15 is 0 Å². The van der Waals surface area contributed by atoms with E-state index in [1.807, 2.05) is 42.3 Å². The van der Waals surface area contributed by atoms with Gasteiger partial charge in [0.1, 0.15) is 12.1 Å². The molecule has 2 N–H and O–H groups in total. The molecule has 0 unspecified atom stereocenters. The Bertz CT molecular complexity index is 1230. The van der Waals surface area contributed by atoms with E-state index in [1.165, 1.54) is 6.33 Å². The molecule has 5 rings (SSSR count). The Morgan fingerprint density at radius 3 is 2.71 bits per heavy atom. The predicted octanol–water partition coefficient (Wildman–Crippen LogP) is 3.00. The molecule has 0 saturated carbocycles. The van der Waals surface area contributed by atoms with Gasteiger partial charge in [-0.05, 0) is 24.6 Å². The maximum atomic E-state index is 13.5. The van der Waals surface area contributed by atoms with Crippen molar-refractivity contribution < 1.29 is 9.59 Å². The van der Waals surface area contributed by atoms with Crippen molar-refractivity contribution in [3.63, 3.8) is 0 Å². The Kier molecular flexibility index (Phi) is 5.83. The topological polar surface area (TPSA) is 105 Å². The van der Waals surface area contributed by atoms with Crippen molar-refractivity contribution in [2.45, 2.75) is 51.7 Å². The first kappa shape index (κ1) is 22.5. The monoisotopic (exact) mass is 479 g/mol. The number of rotatable bonds is 6. The summed E-state index contributed by atoms with van der Waals surface area (Å²) in [5.74, 6) is 0.389. The van der Waals surface area contributed by atoms with Crippen molar-refractivity contribution in [3.05, 3.63) is 64.2 Å². The molecule has 2 aliphatic rings. The lowest BCUT2D eigenvalue weighted by molar-refractivity contribution is -0.133. The molecular weight excluding hydrogens is 454 g/mol. The third-order valence-corrected chi connectivity index (χ3v) is 6.59. The molecule has 176 valence electrons. The number of anilines is 1. The normalized spacial score (nSPS) is 17.6. The lowest BCUT2D eigenvalue weighted by atomic mass is 9.97. The van der Waals surface area contributed by atoms with E-state index in [2.05, 4.69) is 34.4 Å². The minimum Gasteiger partial charge on any atom is -0.332 e. The number of carbonyl (C=O) groups excluding carboxylic acids is 2. The number of carbonyl (C=O) groups is 2. The van der Waals surface area contributed by atoms with E-state index < -0.39 is 0 Å². The fourth-order valence-corrected chi connectivity index (χ4v) is 4.58. The summed E-state index contributed by atoms with van der Waals surface area (Å²) in [5.41, 5.74) is 3.47. The van der Waals surface area contributed by atoms with E-state index in [9.17, 15) is 9.59 Å². The van der Waals surface area contributed by atoms with Crippen molar-refractivity contribution in [1.29, 1.82) is 0 Å². The minimum absolute atomic E-state index is 0.0476. The maximum Gasteiger partial charge on any atom is 0.233 e. The first-order chi connectivity index (χ1) is 16.3. The molecule has 2 atom stereocenters. The van der Waals surface area contributed by atoms with Crippen LogP contribution in [0.25, 0.3) is 5.82 Å². The Hall–Kier alpha value is -3.30. The van der Waals surface area contributed by atoms with Crippen molar-refractivity contribution in [2.24, 2.45) is 0 Å². The quantitative estimate of drug-likeness (QED) is 0.563. The molecular formula is C24H26ClN7O2. The lowest BCUT2D eigenvalue weighted by Gasteiger charge is -2.25. The molecule has 2 aromatic heterocycles. The maximum absolute atomic E-state index is 13.5. The van der Waals surface area contributed by atoms with E-state index in [4.69, 9.17) is 16.7 Å². The average Bonchev–Trinajstić information content (AvgIpc) is 3.46. The van der Waals surface area contributed by atoms with Gasteiger partial charge in [-0.1, -0.05) is 37.6 Å². The van der Waals surface area contributed by atoms with Crippen LogP contribution in [0.2, 0.25) is 5.02 Å². The van der Waals surface area contributed by atoms with Gasteiger partial charge >= 0.3 is 0 Å². The highest BCUT2D eigenvalue weighted by Gasteiger charge is 2.35. The smallest absolute Gasteiger partial charge is 0.233 e. The molecule has 0 saturated heterocycles. The summed E-state index contributed by atoms with van der Waals surface area (Å²) in [6.07, 6.45) is 3.32. The van der Waals surface area contributed by atoms with Crippen molar-refractivity contribution in [3.8, 4) is 5.82 Å². The Morgan fingerprint density at radius 1 is 1.24 bits per heavy atom. The van der Waals surface area contributed by atoms with E-state index in [0.717, 1.165) is 22.4 Å². The molecule has 1 aromatic carbocycles. The number of nitrogens with zero attached hydrogens (tertiary/aromatic N) is 5. The van der Waals surface area contributed by atoms with Crippen LogP contribution in [0.1, 0.15) is 55.0 Å². The molecule has 0 bridgehead atoms. The van der Waals surface area contributed by atoms with E-state index in [0.29, 0.717) is 36.3 Å². The largest absolute Gasteiger partial charge is 0.332 e. The van der Waals surface area contributed by atoms with Gasteiger partial charge in [-0.2, -0.15) is 5.10 Å². The zero-order chi connectivity index (χ0) is 24.0. The summed E-state index contributed by atoms with van der Waals surface area (Å²) >= 11 is 6.06. The molecule has 3 aromatic rings. The van der Waals surface area contributed by atoms with Gasteiger partial charge in [-0.3, -0.25) is 9.59 Å². The van der Waals surface area contributed by atoms with Gasteiger partial charge in [-0.15, -0.1) is 0 Å². The number of benzene rings is 1. The van der Waals surface area contributed by atoms with Gasteiger partial charge in [0, 0.05) is 35.9 Å². The van der Waals surface area contributed by atoms with Crippen molar-refractivity contribution in [2.75, 3.05) is 11.9 Å². The SMILES string of the molecule is CC(C)NC[C@@H](C(=O)N1Cc2cn(-c3ncnc4c3[C@@H](C)C(=O)N4)nc2C1)c1ccc(Cl)cc1. The fourth-order valence-electron chi connectivity index (χ4n) is 4.46. The zero-order valence-corrected chi connectivity index (χ0v) is 20.0. The van der Waals surface area contributed by atoms with Gasteiger partial charge in [0.2, 0.25) is 11.8 Å². The third-order valence-electron chi connectivity index (χ3n) is 6.34. The van der Waals surface area contributed by atoms with Gasteiger partial charge in [0.25, 0.3) is 0 Å². The Morgan fingerprint density at radius 2 is 2.00 bits per heavy atom. The van der Waals surface area contributed by atoms with Crippen LogP contribution >= 0.6 is 11.6 Å². The second kappa shape index (κ2) is 8.81. The second-order valence-corrected chi connectivity index (χ2v) is 9.51. The van der Waals surface area contributed by atoms with Gasteiger partial charge in [-0.25, -0.2) is 14.6 Å². The summed E-state index contributed by atoms with van der Waals surface area (Å²) in [7, 11) is 0. The van der Waals surface area contributed by atoms with Crippen LogP contribution in [0.15, 0.2) is 36.8 Å². The number of hydrogen-bond donors (Lipinski definition) is 2. The van der Waals surface area contributed by atoms with Crippen molar-refractivity contribution in [1.82, 2.24) is 30.0 Å². The molecule has 34 heavy (non-hydrogen) atoms. The fraction of sp³-hybridized carbons (Fsp3) is 0.375. The highest BCUT2D eigenvalue weighted by atomic mass is 35.5. The third kappa shape index (κ3) is 4.05. The standard InChI is InChI=1S/C24H26ClN7O2/c1-13(2)26-8-18(15-4-6-17(25)7-5-15)24(34)31-9-16-10-32(30-19(16)11-31)22-20-14(3)23(33)29-21(20)27-12-28-22/h4-7,10,12-14,18,26H,8-9,11H2,1-3H3,(H,27,28,29,33)/t14-,18-/m1/s1. The Balaban J connectivity index is 1.37. The van der Waals surface area contributed by atoms with E-state index in [1.54, 1.807) is 4.68 Å². The molecule has 0 radical (unpaired) electrons. The van der Waals surface area contributed by atoms with Crippen LogP contribution in [0.3, 0.4) is 0 Å². The molecule has 2 aliphatic heterocycles. The molecule has 0 spiro atoms. The Labute approximate surface area is 202 Å². The number of nitrogens with one attached hydrogen (secondary N) is 2. The van der Waals surface area contributed by atoms with Gasteiger partial charge < -0.3 is 15.5 Å². The minimum atomic E-state index is -0.350. The lowest BCUT2D eigenvalue weighted by Crippen LogP contribution is -2.38. The summed E-state index contributed by atoms with van der Waals surface area (Å²) in [6, 6.07) is 7.72. The number of aromatic nitrogens is 4. The van der Waals surface area contributed by atoms with Crippen LogP contribution in [0.4, 0.5) is 5.82 Å². The van der Waals surface area contributed by atoms with E-state index in [-0.39, 0.29) is 29.7 Å². The number of halogens is 1. The van der Waals surface area contributed by atoms with Gasteiger partial charge in [0.05, 0.1) is 29.6 Å². The first-order valence-electron chi connectivity index (χ1n) is 11.3. The molecule has 0 aliphatic carbocycles. The van der Waals surface area contributed by atoms with Crippen LogP contribution in [-0.2, 0) is 22.7 Å². The number of amides is 2. The molecule has 10 heteroatoms. The molecule has 2 amide bonds. The summed E-state index contributed by atoms with van der Waals surface area (Å²) in [5, 5.41) is 11.5. The van der Waals surface area contributed by atoms with Crippen LogP contribution in [0.5, 0.6) is 0 Å². The summed E-state index contributed by atoms with van der Waals surface area (Å²) in [4.78, 5) is 36.0. The summed E-state index contributed by atoms with van der Waals surface area (Å²) in [6.45, 7) is 7.39. The van der Waals surface area contributed by atoms with Gasteiger partial charge in [0.15, 0.2) is 5.82 Å². The molecule has 9 nitrogen and oxygen atoms in total. The zero-order valence-electron chi connectivity index (χ0n) is 19.2. The number of hydrogen-bond acceptors (Lipinski definition) is 6. The summed E-state index contributed by atoms with van der Waals surface area (Å²) < 4.78 is 1.70. The molecule has 4 heterocycles. The van der Waals surface area contributed by atoms with Crippen molar-refractivity contribution >= 4 is 29.2 Å². The average molecular weight is 480 g/mol. The van der Waals surface area contributed by atoms with Crippen LogP contribution in [0, 0.1) is 0 Å². The molecule has 0 fully saturated rings. The van der Waals surface area contributed by atoms with Crippen LogP contribution in [-0.4, -0.2) is 49.0 Å².